The van der Waals surface area contributed by atoms with E-state index in [4.69, 9.17) is 26.0 Å². The highest BCUT2D eigenvalue weighted by atomic mass is 35.5. The van der Waals surface area contributed by atoms with E-state index in [-0.39, 0.29) is 10.7 Å². The molecular formula is C16H22BClN2O4. The Morgan fingerprint density at radius 2 is 1.96 bits per heavy atom. The van der Waals surface area contributed by atoms with E-state index in [0.29, 0.717) is 12.1 Å². The number of pyridine rings is 1. The van der Waals surface area contributed by atoms with Crippen LogP contribution in [0.4, 0.5) is 0 Å². The van der Waals surface area contributed by atoms with Gasteiger partial charge in [0.1, 0.15) is 0 Å². The Bertz CT molecular complexity index is 660. The van der Waals surface area contributed by atoms with E-state index in [1.807, 2.05) is 40.8 Å². The van der Waals surface area contributed by atoms with E-state index >= 15 is 0 Å². The van der Waals surface area contributed by atoms with Gasteiger partial charge in [-0.25, -0.2) is 9.78 Å². The summed E-state index contributed by atoms with van der Waals surface area (Å²) in [4.78, 5) is 14.9. The molecule has 8 heteroatoms. The first kappa shape index (κ1) is 18.9. The molecule has 0 unspecified atom stereocenters. The van der Waals surface area contributed by atoms with Gasteiger partial charge < -0.3 is 19.7 Å². The van der Waals surface area contributed by atoms with Gasteiger partial charge in [0.15, 0.2) is 5.69 Å². The molecule has 1 aliphatic rings. The van der Waals surface area contributed by atoms with Crippen molar-refractivity contribution in [3.05, 3.63) is 34.0 Å². The topological polar surface area (TPSA) is 80.7 Å². The lowest BCUT2D eigenvalue weighted by Crippen LogP contribution is -2.41. The van der Waals surface area contributed by atoms with E-state index in [2.05, 4.69) is 10.3 Å². The highest BCUT2D eigenvalue weighted by Gasteiger charge is 2.52. The van der Waals surface area contributed by atoms with Gasteiger partial charge in [0.25, 0.3) is 0 Å². The lowest BCUT2D eigenvalue weighted by molar-refractivity contribution is 0.00578. The van der Waals surface area contributed by atoms with Crippen LogP contribution in [0.5, 0.6) is 0 Å². The normalized spacial score (nSPS) is 19.6. The molecule has 0 aliphatic carbocycles. The standard InChI is InChI=1S/C16H22BClN2O4/c1-15(2)16(3,4)24-17(23-15)11(9-19-5)6-10-7-12(18)13(14(21)22)20-8-10/h6-8,19H,9H2,1-5H3,(H,21,22). The van der Waals surface area contributed by atoms with Crippen LogP contribution >= 0.6 is 11.6 Å². The number of aromatic carboxylic acids is 1. The van der Waals surface area contributed by atoms with Crippen LogP contribution in [0.25, 0.3) is 6.08 Å². The molecule has 24 heavy (non-hydrogen) atoms. The Hall–Kier alpha value is -1.41. The molecule has 2 N–H and O–H groups in total. The third kappa shape index (κ3) is 3.80. The fourth-order valence-electron chi connectivity index (χ4n) is 2.30. The van der Waals surface area contributed by atoms with Gasteiger partial charge in [0.05, 0.1) is 16.2 Å². The van der Waals surface area contributed by atoms with Crippen LogP contribution in [0, 0.1) is 0 Å². The van der Waals surface area contributed by atoms with Crippen LogP contribution < -0.4 is 5.32 Å². The first-order valence-electron chi connectivity index (χ1n) is 7.67. The molecule has 1 fully saturated rings. The summed E-state index contributed by atoms with van der Waals surface area (Å²) in [7, 11) is 1.33. The second-order valence-electron chi connectivity index (χ2n) is 6.74. The van der Waals surface area contributed by atoms with Crippen LogP contribution in [0.15, 0.2) is 17.7 Å². The fourth-order valence-corrected chi connectivity index (χ4v) is 2.56. The van der Waals surface area contributed by atoms with Crippen molar-refractivity contribution in [3.63, 3.8) is 0 Å². The molecule has 2 rings (SSSR count). The molecule has 0 atom stereocenters. The van der Waals surface area contributed by atoms with Crippen molar-refractivity contribution in [2.24, 2.45) is 0 Å². The molecule has 6 nitrogen and oxygen atoms in total. The molecule has 1 aromatic heterocycles. The summed E-state index contributed by atoms with van der Waals surface area (Å²) < 4.78 is 12.1. The maximum absolute atomic E-state index is 11.0. The van der Waals surface area contributed by atoms with Crippen molar-refractivity contribution in [2.75, 3.05) is 13.6 Å². The van der Waals surface area contributed by atoms with Crippen LogP contribution in [0.2, 0.25) is 5.02 Å². The highest BCUT2D eigenvalue weighted by Crippen LogP contribution is 2.38. The summed E-state index contributed by atoms with van der Waals surface area (Å²) in [5.41, 5.74) is 0.517. The Morgan fingerprint density at radius 1 is 1.38 bits per heavy atom. The SMILES string of the molecule is CNCC(=Cc1cnc(C(=O)O)c(Cl)c1)B1OC(C)(C)C(C)(C)O1. The maximum Gasteiger partial charge on any atom is 0.491 e. The monoisotopic (exact) mass is 352 g/mol. The van der Waals surface area contributed by atoms with Crippen molar-refractivity contribution >= 4 is 30.8 Å². The summed E-state index contributed by atoms with van der Waals surface area (Å²) in [6.45, 7) is 8.51. The lowest BCUT2D eigenvalue weighted by atomic mass is 9.77. The Kier molecular flexibility index (Phi) is 5.39. The van der Waals surface area contributed by atoms with Crippen molar-refractivity contribution < 1.29 is 19.2 Å². The molecule has 0 spiro atoms. The summed E-state index contributed by atoms with van der Waals surface area (Å²) >= 11 is 5.98. The minimum absolute atomic E-state index is 0.0916. The Labute approximate surface area is 147 Å². The van der Waals surface area contributed by atoms with Gasteiger partial charge in [-0.1, -0.05) is 17.7 Å². The van der Waals surface area contributed by atoms with E-state index in [0.717, 1.165) is 5.47 Å². The first-order chi connectivity index (χ1) is 11.1. The van der Waals surface area contributed by atoms with Crippen molar-refractivity contribution in [1.82, 2.24) is 10.3 Å². The quantitative estimate of drug-likeness (QED) is 0.793. The van der Waals surface area contributed by atoms with Crippen LogP contribution in [0.1, 0.15) is 43.7 Å². The zero-order valence-corrected chi connectivity index (χ0v) is 15.3. The van der Waals surface area contributed by atoms with Crippen LogP contribution in [-0.2, 0) is 9.31 Å². The predicted octanol–water partition coefficient (Wildman–Crippen LogP) is 2.67. The molecule has 0 amide bonds. The number of aromatic nitrogens is 1. The third-order valence-corrected chi connectivity index (χ3v) is 4.64. The minimum atomic E-state index is -1.16. The molecule has 1 aliphatic heterocycles. The molecule has 130 valence electrons. The van der Waals surface area contributed by atoms with Gasteiger partial charge in [-0.15, -0.1) is 0 Å². The zero-order valence-electron chi connectivity index (χ0n) is 14.5. The van der Waals surface area contributed by atoms with Crippen LogP contribution in [-0.4, -0.2) is 48.0 Å². The highest BCUT2D eigenvalue weighted by molar-refractivity contribution is 6.56. The molecule has 0 aromatic carbocycles. The Balaban J connectivity index is 2.33. The number of hydrogen-bond acceptors (Lipinski definition) is 5. The summed E-state index contributed by atoms with van der Waals surface area (Å²) in [6, 6.07) is 1.57. The molecule has 1 saturated heterocycles. The number of hydrogen-bond donors (Lipinski definition) is 2. The van der Waals surface area contributed by atoms with Gasteiger partial charge in [-0.2, -0.15) is 0 Å². The van der Waals surface area contributed by atoms with Crippen molar-refractivity contribution in [2.45, 2.75) is 38.9 Å². The Morgan fingerprint density at radius 3 is 2.42 bits per heavy atom. The number of carbonyl (C=O) groups is 1. The number of likely N-dealkylation sites (N-methyl/N-ethyl adjacent to an activating group) is 1. The van der Waals surface area contributed by atoms with E-state index in [1.165, 1.54) is 6.20 Å². The lowest BCUT2D eigenvalue weighted by Gasteiger charge is -2.32. The maximum atomic E-state index is 11.0. The van der Waals surface area contributed by atoms with Gasteiger partial charge in [-0.3, -0.25) is 0 Å². The summed E-state index contributed by atoms with van der Waals surface area (Å²) in [5, 5.41) is 12.2. The zero-order chi connectivity index (χ0) is 18.1. The molecule has 0 saturated carbocycles. The minimum Gasteiger partial charge on any atom is -0.476 e. The summed E-state index contributed by atoms with van der Waals surface area (Å²) in [6.07, 6.45) is 3.32. The van der Waals surface area contributed by atoms with E-state index < -0.39 is 24.3 Å². The molecule has 1 aromatic rings. The van der Waals surface area contributed by atoms with E-state index in [9.17, 15) is 4.79 Å². The number of nitrogens with one attached hydrogen (secondary N) is 1. The first-order valence-corrected chi connectivity index (χ1v) is 8.05. The second-order valence-corrected chi connectivity index (χ2v) is 7.15. The number of rotatable bonds is 5. The van der Waals surface area contributed by atoms with Crippen molar-refractivity contribution in [3.8, 4) is 0 Å². The van der Waals surface area contributed by atoms with Gasteiger partial charge in [-0.05, 0) is 51.8 Å². The number of carboxylic acids is 1. The molecule has 2 heterocycles. The van der Waals surface area contributed by atoms with Gasteiger partial charge in [0, 0.05) is 12.7 Å². The molecule has 0 bridgehead atoms. The predicted molar refractivity (Wildman–Crippen MR) is 94.2 cm³/mol. The number of carboxylic acid groups (broad SMARTS) is 1. The number of nitrogens with zero attached hydrogens (tertiary/aromatic N) is 1. The average Bonchev–Trinajstić information content (AvgIpc) is 2.66. The average molecular weight is 353 g/mol. The largest absolute Gasteiger partial charge is 0.491 e. The third-order valence-electron chi connectivity index (χ3n) is 4.35. The second kappa shape index (κ2) is 6.84. The smallest absolute Gasteiger partial charge is 0.476 e. The van der Waals surface area contributed by atoms with E-state index in [1.54, 1.807) is 6.07 Å². The molecular weight excluding hydrogens is 330 g/mol. The molecule has 0 radical (unpaired) electrons. The fraction of sp³-hybridized carbons (Fsp3) is 0.500. The van der Waals surface area contributed by atoms with Gasteiger partial charge in [0.2, 0.25) is 0 Å². The van der Waals surface area contributed by atoms with Gasteiger partial charge >= 0.3 is 13.1 Å². The number of halogens is 1. The summed E-state index contributed by atoms with van der Waals surface area (Å²) in [5.74, 6) is -1.16. The van der Waals surface area contributed by atoms with Crippen LogP contribution in [0.3, 0.4) is 0 Å². The van der Waals surface area contributed by atoms with Crippen molar-refractivity contribution in [1.29, 1.82) is 0 Å².